The fourth-order valence-corrected chi connectivity index (χ4v) is 4.91. The number of hydrogen-bond donors (Lipinski definition) is 6. The average Bonchev–Trinajstić information content (AvgIpc) is 3.39. The van der Waals surface area contributed by atoms with Crippen LogP contribution in [0, 0.1) is 0 Å². The molecule has 42 heavy (non-hydrogen) atoms. The lowest BCUT2D eigenvalue weighted by atomic mass is 9.99. The van der Waals surface area contributed by atoms with Crippen LogP contribution in [0.15, 0.2) is 66.7 Å². The molecule has 6 N–H and O–H groups in total. The number of para-hydroxylation sites is 3. The molecule has 0 spiro atoms. The molecule has 3 aromatic carbocycles. The van der Waals surface area contributed by atoms with Gasteiger partial charge in [0.05, 0.1) is 12.6 Å². The molecule has 1 saturated heterocycles. The van der Waals surface area contributed by atoms with E-state index in [1.165, 1.54) is 0 Å². The Morgan fingerprint density at radius 2 is 1.62 bits per heavy atom. The molecule has 12 nitrogen and oxygen atoms in total. The number of methoxy groups -OCH3 is 1. The van der Waals surface area contributed by atoms with E-state index in [2.05, 4.69) is 10.3 Å². The number of benzene rings is 3. The van der Waals surface area contributed by atoms with Crippen molar-refractivity contribution in [3.63, 3.8) is 0 Å². The topological polar surface area (TPSA) is 172 Å². The Balaban J connectivity index is 1.28. The van der Waals surface area contributed by atoms with E-state index < -0.39 is 42.8 Å². The first-order valence-corrected chi connectivity index (χ1v) is 13.5. The molecule has 224 valence electrons. The summed E-state index contributed by atoms with van der Waals surface area (Å²) in [4.78, 5) is 14.9. The zero-order chi connectivity index (χ0) is 29.6. The molecule has 0 aliphatic carbocycles. The Morgan fingerprint density at radius 3 is 2.40 bits per heavy atom. The average molecular weight is 583 g/mol. The van der Waals surface area contributed by atoms with Crippen LogP contribution in [-0.2, 0) is 14.3 Å². The van der Waals surface area contributed by atoms with Gasteiger partial charge in [-0.15, -0.1) is 0 Å². The fourth-order valence-electron chi connectivity index (χ4n) is 4.91. The smallest absolute Gasteiger partial charge is 0.335 e. The van der Waals surface area contributed by atoms with Crippen LogP contribution in [-0.4, -0.2) is 102 Å². The third-order valence-electron chi connectivity index (χ3n) is 7.03. The molecule has 2 heterocycles. The molecule has 12 heteroatoms. The van der Waals surface area contributed by atoms with Gasteiger partial charge in [0.15, 0.2) is 23.9 Å². The maximum atomic E-state index is 11.6. The molecule has 0 amide bonds. The number of hydrogen-bond acceptors (Lipinski definition) is 10. The third kappa shape index (κ3) is 6.44. The zero-order valence-corrected chi connectivity index (χ0v) is 22.9. The molecule has 2 unspecified atom stereocenters. The number of fused-ring (bicyclic) bond motifs is 3. The number of carboxylic acid groups (broad SMARTS) is 1. The van der Waals surface area contributed by atoms with Crippen LogP contribution in [0.1, 0.15) is 0 Å². The summed E-state index contributed by atoms with van der Waals surface area (Å²) in [6, 6.07) is 20.8. The Hall–Kier alpha value is -3.91. The number of ether oxygens (including phenoxy) is 5. The van der Waals surface area contributed by atoms with Crippen LogP contribution < -0.4 is 19.5 Å². The molecule has 6 atom stereocenters. The second kappa shape index (κ2) is 13.4. The largest absolute Gasteiger partial charge is 0.493 e. The van der Waals surface area contributed by atoms with Crippen molar-refractivity contribution < 1.29 is 48.9 Å². The number of carbonyl (C=O) groups is 1. The normalized spacial score (nSPS) is 23.1. The highest BCUT2D eigenvalue weighted by Gasteiger charge is 2.48. The van der Waals surface area contributed by atoms with Crippen LogP contribution in [0.5, 0.6) is 17.2 Å². The van der Waals surface area contributed by atoms with Crippen molar-refractivity contribution in [2.75, 3.05) is 33.4 Å². The van der Waals surface area contributed by atoms with Crippen molar-refractivity contribution >= 4 is 27.8 Å². The molecule has 0 bridgehead atoms. The van der Waals surface area contributed by atoms with Crippen molar-refractivity contribution in [3.8, 4) is 17.2 Å². The van der Waals surface area contributed by atoms with E-state index in [4.69, 9.17) is 23.7 Å². The highest BCUT2D eigenvalue weighted by atomic mass is 16.7. The fraction of sp³-hybridized carbons (Fsp3) is 0.367. The lowest BCUT2D eigenvalue weighted by molar-refractivity contribution is -0.305. The van der Waals surface area contributed by atoms with E-state index in [0.717, 1.165) is 21.8 Å². The summed E-state index contributed by atoms with van der Waals surface area (Å²) in [5.41, 5.74) is 1.85. The molecular weight excluding hydrogens is 548 g/mol. The van der Waals surface area contributed by atoms with Crippen LogP contribution >= 0.6 is 0 Å². The third-order valence-corrected chi connectivity index (χ3v) is 7.03. The summed E-state index contributed by atoms with van der Waals surface area (Å²) in [5.74, 6) is 0.306. The van der Waals surface area contributed by atoms with Gasteiger partial charge in [0.1, 0.15) is 43.4 Å². The van der Waals surface area contributed by atoms with E-state index >= 15 is 0 Å². The van der Waals surface area contributed by atoms with Gasteiger partial charge in [0.25, 0.3) is 0 Å². The molecule has 1 fully saturated rings. The van der Waals surface area contributed by atoms with E-state index in [1.54, 1.807) is 19.2 Å². The molecule has 1 aromatic heterocycles. The number of aromatic nitrogens is 1. The number of nitrogens with one attached hydrogen (secondary N) is 2. The maximum absolute atomic E-state index is 11.6. The molecule has 4 aromatic rings. The Labute approximate surface area is 241 Å². The minimum atomic E-state index is -1.82. The monoisotopic (exact) mass is 582 g/mol. The first-order chi connectivity index (χ1) is 20.4. The Morgan fingerprint density at radius 1 is 0.905 bits per heavy atom. The molecular formula is C30H34N2O10. The van der Waals surface area contributed by atoms with Crippen LogP contribution in [0.25, 0.3) is 21.8 Å². The lowest BCUT2D eigenvalue weighted by Crippen LogP contribution is -2.61. The summed E-state index contributed by atoms with van der Waals surface area (Å²) in [5, 5.41) is 45.3. The van der Waals surface area contributed by atoms with Crippen molar-refractivity contribution in [2.45, 2.75) is 36.8 Å². The molecule has 1 aliphatic rings. The predicted molar refractivity (Wildman–Crippen MR) is 152 cm³/mol. The molecule has 5 rings (SSSR count). The predicted octanol–water partition coefficient (Wildman–Crippen LogP) is 1.65. The van der Waals surface area contributed by atoms with Crippen LogP contribution in [0.2, 0.25) is 0 Å². The second-order valence-electron chi connectivity index (χ2n) is 9.86. The standard InChI is InChI=1S/C30H34N2O10/c1-38-21-10-4-5-11-22(21)39-14-13-31-15-17(41-30-27(35)25(33)26(34)28(42-30)29(36)37)16-40-23-12-6-9-20-24(23)18-7-2-3-8-19(18)32-20/h2-12,17,25-28,30-35H,13-16H2,1H3,(H,36,37)/t17?,25-,26-,27-,28?,30+/m0/s1. The number of carboxylic acids is 1. The van der Waals surface area contributed by atoms with Crippen LogP contribution in [0.4, 0.5) is 0 Å². The van der Waals surface area contributed by atoms with Gasteiger partial charge in [-0.2, -0.15) is 0 Å². The van der Waals surface area contributed by atoms with Gasteiger partial charge in [-0.05, 0) is 30.3 Å². The van der Waals surface area contributed by atoms with Gasteiger partial charge < -0.3 is 54.4 Å². The number of aliphatic hydroxyl groups is 3. The van der Waals surface area contributed by atoms with E-state index in [0.29, 0.717) is 30.4 Å². The SMILES string of the molecule is COc1ccccc1OCCNCC(COc1cccc2[nH]c3ccccc3c12)O[C@@H]1OC(C(=O)O)[C@@H](O)[C@H](O)[C@@H]1O. The van der Waals surface area contributed by atoms with Crippen LogP contribution in [0.3, 0.4) is 0 Å². The molecule has 1 aliphatic heterocycles. The van der Waals surface area contributed by atoms with Gasteiger partial charge in [-0.3, -0.25) is 0 Å². The second-order valence-corrected chi connectivity index (χ2v) is 9.86. The van der Waals surface area contributed by atoms with Gasteiger partial charge in [0.2, 0.25) is 0 Å². The van der Waals surface area contributed by atoms with Crippen molar-refractivity contribution in [2.24, 2.45) is 0 Å². The summed E-state index contributed by atoms with van der Waals surface area (Å²) in [7, 11) is 1.56. The summed E-state index contributed by atoms with van der Waals surface area (Å²) in [6.07, 6.45) is -9.38. The molecule has 0 radical (unpaired) electrons. The van der Waals surface area contributed by atoms with Crippen molar-refractivity contribution in [1.29, 1.82) is 0 Å². The summed E-state index contributed by atoms with van der Waals surface area (Å²) in [6.45, 7) is 0.893. The van der Waals surface area contributed by atoms with Gasteiger partial charge >= 0.3 is 5.97 Å². The minimum Gasteiger partial charge on any atom is -0.493 e. The zero-order valence-electron chi connectivity index (χ0n) is 22.9. The Bertz CT molecular complexity index is 1490. The highest BCUT2D eigenvalue weighted by Crippen LogP contribution is 2.33. The van der Waals surface area contributed by atoms with Gasteiger partial charge in [-0.25, -0.2) is 4.79 Å². The Kier molecular flexibility index (Phi) is 9.42. The summed E-state index contributed by atoms with van der Waals surface area (Å²) >= 11 is 0. The first kappa shape index (κ1) is 29.6. The number of aliphatic carboxylic acids is 1. The van der Waals surface area contributed by atoms with E-state index in [1.807, 2.05) is 54.6 Å². The van der Waals surface area contributed by atoms with Crippen molar-refractivity contribution in [3.05, 3.63) is 66.7 Å². The van der Waals surface area contributed by atoms with Gasteiger partial charge in [0, 0.05) is 29.4 Å². The summed E-state index contributed by atoms with van der Waals surface area (Å²) < 4.78 is 28.6. The number of aromatic amines is 1. The van der Waals surface area contributed by atoms with E-state index in [-0.39, 0.29) is 13.2 Å². The first-order valence-electron chi connectivity index (χ1n) is 13.5. The molecule has 0 saturated carbocycles. The number of H-pyrrole nitrogens is 1. The maximum Gasteiger partial charge on any atom is 0.335 e. The quantitative estimate of drug-likeness (QED) is 0.127. The highest BCUT2D eigenvalue weighted by molar-refractivity contribution is 6.10. The number of rotatable bonds is 13. The number of aliphatic hydroxyl groups excluding tert-OH is 3. The minimum absolute atomic E-state index is 0.0120. The van der Waals surface area contributed by atoms with Crippen molar-refractivity contribution in [1.82, 2.24) is 10.3 Å². The van der Waals surface area contributed by atoms with Gasteiger partial charge in [-0.1, -0.05) is 36.4 Å². The van der Waals surface area contributed by atoms with E-state index in [9.17, 15) is 25.2 Å². The lowest BCUT2D eigenvalue weighted by Gasteiger charge is -2.39.